The van der Waals surface area contributed by atoms with Gasteiger partial charge in [0.05, 0.1) is 5.84 Å². The Morgan fingerprint density at radius 2 is 2.10 bits per heavy atom. The molecule has 0 aromatic heterocycles. The number of hydrogen-bond donors (Lipinski definition) is 1. The van der Waals surface area contributed by atoms with Crippen molar-refractivity contribution in [1.82, 2.24) is 4.90 Å². The summed E-state index contributed by atoms with van der Waals surface area (Å²) in [6.45, 7) is 7.35. The molecule has 0 amide bonds. The van der Waals surface area contributed by atoms with Crippen molar-refractivity contribution in [3.05, 3.63) is 0 Å². The largest absolute Gasteiger partial charge is 0.356 e. The van der Waals surface area contributed by atoms with E-state index in [2.05, 4.69) is 18.7 Å². The Kier molecular flexibility index (Phi) is 1.71. The number of likely N-dealkylation sites (tertiary alicyclic amines) is 1. The highest BCUT2D eigenvalue weighted by Gasteiger charge is 2.31. The molecule has 58 valence electrons. The fraction of sp³-hybridized carbons (Fsp3) is 0.875. The Morgan fingerprint density at radius 1 is 1.50 bits per heavy atom. The van der Waals surface area contributed by atoms with Crippen molar-refractivity contribution in [3.8, 4) is 0 Å². The van der Waals surface area contributed by atoms with Crippen molar-refractivity contribution in [1.29, 1.82) is 5.41 Å². The summed E-state index contributed by atoms with van der Waals surface area (Å²) in [6, 6.07) is 0. The first kappa shape index (κ1) is 7.58. The van der Waals surface area contributed by atoms with E-state index in [0.29, 0.717) is 5.84 Å². The van der Waals surface area contributed by atoms with E-state index < -0.39 is 0 Å². The summed E-state index contributed by atoms with van der Waals surface area (Å²) in [5, 5.41) is 7.47. The van der Waals surface area contributed by atoms with Crippen LogP contribution in [-0.2, 0) is 0 Å². The van der Waals surface area contributed by atoms with Crippen LogP contribution < -0.4 is 0 Å². The highest BCUT2D eigenvalue weighted by Crippen LogP contribution is 2.27. The van der Waals surface area contributed by atoms with E-state index in [1.807, 2.05) is 6.92 Å². The standard InChI is InChI=1S/C8H16N2/c1-7(9)10-6-4-5-8(10,2)3/h9H,4-6H2,1-3H3. The molecule has 0 aromatic carbocycles. The van der Waals surface area contributed by atoms with Crippen LogP contribution in [0.1, 0.15) is 33.6 Å². The molecule has 0 saturated carbocycles. The van der Waals surface area contributed by atoms with Gasteiger partial charge in [-0.3, -0.25) is 5.41 Å². The summed E-state index contributed by atoms with van der Waals surface area (Å²) in [5.41, 5.74) is 0.242. The van der Waals surface area contributed by atoms with E-state index in [1.165, 1.54) is 12.8 Å². The summed E-state index contributed by atoms with van der Waals surface area (Å²) in [6.07, 6.45) is 2.46. The van der Waals surface area contributed by atoms with E-state index in [1.54, 1.807) is 0 Å². The smallest absolute Gasteiger partial charge is 0.0930 e. The Morgan fingerprint density at radius 3 is 2.30 bits per heavy atom. The van der Waals surface area contributed by atoms with E-state index in [-0.39, 0.29) is 5.54 Å². The molecule has 1 aliphatic rings. The first-order valence-electron chi connectivity index (χ1n) is 3.87. The van der Waals surface area contributed by atoms with Crippen LogP contribution in [0.2, 0.25) is 0 Å². The van der Waals surface area contributed by atoms with Crippen molar-refractivity contribution < 1.29 is 0 Å². The second-order valence-corrected chi connectivity index (χ2v) is 3.65. The maximum Gasteiger partial charge on any atom is 0.0930 e. The lowest BCUT2D eigenvalue weighted by Gasteiger charge is -2.32. The molecule has 0 aliphatic carbocycles. The van der Waals surface area contributed by atoms with Gasteiger partial charge < -0.3 is 4.90 Å². The Labute approximate surface area is 62.7 Å². The minimum Gasteiger partial charge on any atom is -0.356 e. The molecular formula is C8H16N2. The molecule has 0 spiro atoms. The van der Waals surface area contributed by atoms with E-state index >= 15 is 0 Å². The average Bonchev–Trinajstić information content (AvgIpc) is 2.08. The van der Waals surface area contributed by atoms with Crippen LogP contribution in [0.15, 0.2) is 0 Å². The van der Waals surface area contributed by atoms with Crippen molar-refractivity contribution in [2.45, 2.75) is 39.2 Å². The maximum absolute atomic E-state index is 7.47. The number of nitrogens with one attached hydrogen (secondary N) is 1. The van der Waals surface area contributed by atoms with Crippen LogP contribution in [0, 0.1) is 5.41 Å². The van der Waals surface area contributed by atoms with Gasteiger partial charge in [-0.25, -0.2) is 0 Å². The molecule has 2 heteroatoms. The third-order valence-corrected chi connectivity index (χ3v) is 2.31. The fourth-order valence-corrected chi connectivity index (χ4v) is 1.73. The molecule has 1 aliphatic heterocycles. The van der Waals surface area contributed by atoms with Gasteiger partial charge in [0.15, 0.2) is 0 Å². The Balaban J connectivity index is 2.68. The zero-order valence-electron chi connectivity index (χ0n) is 7.07. The molecule has 0 radical (unpaired) electrons. The quantitative estimate of drug-likeness (QED) is 0.403. The van der Waals surface area contributed by atoms with Crippen molar-refractivity contribution in [2.75, 3.05) is 6.54 Å². The lowest BCUT2D eigenvalue weighted by Crippen LogP contribution is -2.40. The van der Waals surface area contributed by atoms with Gasteiger partial charge >= 0.3 is 0 Å². The Hall–Kier alpha value is -0.530. The predicted molar refractivity (Wildman–Crippen MR) is 43.4 cm³/mol. The lowest BCUT2D eigenvalue weighted by atomic mass is 10.0. The zero-order valence-corrected chi connectivity index (χ0v) is 7.07. The molecule has 10 heavy (non-hydrogen) atoms. The summed E-state index contributed by atoms with van der Waals surface area (Å²) in [4.78, 5) is 2.17. The summed E-state index contributed by atoms with van der Waals surface area (Å²) in [5.74, 6) is 0.711. The van der Waals surface area contributed by atoms with Gasteiger partial charge in [0, 0.05) is 12.1 Å². The second-order valence-electron chi connectivity index (χ2n) is 3.65. The first-order chi connectivity index (χ1) is 4.54. The van der Waals surface area contributed by atoms with Gasteiger partial charge in [-0.2, -0.15) is 0 Å². The number of hydrogen-bond acceptors (Lipinski definition) is 1. The van der Waals surface area contributed by atoms with Crippen LogP contribution >= 0.6 is 0 Å². The monoisotopic (exact) mass is 140 g/mol. The first-order valence-corrected chi connectivity index (χ1v) is 3.87. The van der Waals surface area contributed by atoms with Crippen molar-refractivity contribution >= 4 is 5.84 Å². The van der Waals surface area contributed by atoms with E-state index in [0.717, 1.165) is 6.54 Å². The zero-order chi connectivity index (χ0) is 7.78. The van der Waals surface area contributed by atoms with Gasteiger partial charge in [0.25, 0.3) is 0 Å². The molecule has 1 heterocycles. The molecule has 1 fully saturated rings. The van der Waals surface area contributed by atoms with Gasteiger partial charge in [-0.1, -0.05) is 0 Å². The SMILES string of the molecule is CC(=N)N1CCCC1(C)C. The van der Waals surface area contributed by atoms with Crippen LogP contribution in [-0.4, -0.2) is 22.8 Å². The Bertz CT molecular complexity index is 149. The molecule has 1 N–H and O–H groups in total. The molecule has 0 unspecified atom stereocenters. The molecule has 1 rings (SSSR count). The molecule has 0 bridgehead atoms. The second kappa shape index (κ2) is 2.26. The highest BCUT2D eigenvalue weighted by molar-refractivity contribution is 5.77. The summed E-state index contributed by atoms with van der Waals surface area (Å²) in [7, 11) is 0. The summed E-state index contributed by atoms with van der Waals surface area (Å²) >= 11 is 0. The number of amidine groups is 1. The van der Waals surface area contributed by atoms with Crippen LogP contribution in [0.3, 0.4) is 0 Å². The van der Waals surface area contributed by atoms with Crippen LogP contribution in [0.25, 0.3) is 0 Å². The highest BCUT2D eigenvalue weighted by atomic mass is 15.2. The maximum atomic E-state index is 7.47. The minimum absolute atomic E-state index is 0.242. The van der Waals surface area contributed by atoms with Gasteiger partial charge in [0.2, 0.25) is 0 Å². The number of rotatable bonds is 0. The fourth-order valence-electron chi connectivity index (χ4n) is 1.73. The minimum atomic E-state index is 0.242. The third kappa shape index (κ3) is 1.15. The van der Waals surface area contributed by atoms with E-state index in [4.69, 9.17) is 5.41 Å². The van der Waals surface area contributed by atoms with Gasteiger partial charge in [0.1, 0.15) is 0 Å². The summed E-state index contributed by atoms with van der Waals surface area (Å²) < 4.78 is 0. The lowest BCUT2D eigenvalue weighted by molar-refractivity contribution is 0.279. The molecule has 0 atom stereocenters. The van der Waals surface area contributed by atoms with Crippen LogP contribution in [0.4, 0.5) is 0 Å². The molecule has 1 saturated heterocycles. The van der Waals surface area contributed by atoms with E-state index in [9.17, 15) is 0 Å². The normalized spacial score (nSPS) is 23.3. The topological polar surface area (TPSA) is 27.1 Å². The predicted octanol–water partition coefficient (Wildman–Crippen LogP) is 1.86. The third-order valence-electron chi connectivity index (χ3n) is 2.31. The number of nitrogens with zero attached hydrogens (tertiary/aromatic N) is 1. The van der Waals surface area contributed by atoms with Crippen molar-refractivity contribution in [2.24, 2.45) is 0 Å². The molecule has 0 aromatic rings. The molecular weight excluding hydrogens is 124 g/mol. The van der Waals surface area contributed by atoms with Crippen LogP contribution in [0.5, 0.6) is 0 Å². The molecule has 2 nitrogen and oxygen atoms in total. The average molecular weight is 140 g/mol. The van der Waals surface area contributed by atoms with Crippen molar-refractivity contribution in [3.63, 3.8) is 0 Å². The van der Waals surface area contributed by atoms with Gasteiger partial charge in [-0.05, 0) is 33.6 Å². The van der Waals surface area contributed by atoms with Gasteiger partial charge in [-0.15, -0.1) is 0 Å².